The summed E-state index contributed by atoms with van der Waals surface area (Å²) in [4.78, 5) is 0. The molecule has 0 spiro atoms. The predicted octanol–water partition coefficient (Wildman–Crippen LogP) is 2.92. The topological polar surface area (TPSA) is 0 Å². The highest BCUT2D eigenvalue weighted by atomic mass is 13.8. The second-order valence-electron chi connectivity index (χ2n) is 1.84. The molecule has 0 atom stereocenters. The molecule has 8 heavy (non-hydrogen) atoms. The van der Waals surface area contributed by atoms with Gasteiger partial charge in [-0.3, -0.25) is 0 Å². The monoisotopic (exact) mass is 110 g/mol. The standard InChI is InChI=1S/C8H14/c1-4-6-7-8(3)5-2/h5-7H,4H2,1-3H3/b7-6+,8-5-. The van der Waals surface area contributed by atoms with Gasteiger partial charge in [-0.05, 0) is 20.3 Å². The Morgan fingerprint density at radius 2 is 2.12 bits per heavy atom. The molecule has 0 bridgehead atoms. The summed E-state index contributed by atoms with van der Waals surface area (Å²) >= 11 is 0. The highest BCUT2D eigenvalue weighted by Crippen LogP contribution is 1.93. The van der Waals surface area contributed by atoms with Crippen molar-refractivity contribution in [2.45, 2.75) is 27.2 Å². The van der Waals surface area contributed by atoms with E-state index in [0.29, 0.717) is 0 Å². The zero-order chi connectivity index (χ0) is 6.41. The summed E-state index contributed by atoms with van der Waals surface area (Å²) in [6, 6.07) is 0. The van der Waals surface area contributed by atoms with Crippen molar-refractivity contribution in [2.24, 2.45) is 0 Å². The zero-order valence-corrected chi connectivity index (χ0v) is 5.94. The van der Waals surface area contributed by atoms with E-state index in [1.54, 1.807) is 0 Å². The second kappa shape index (κ2) is 4.63. The molecule has 0 aliphatic heterocycles. The Hall–Kier alpha value is -0.520. The van der Waals surface area contributed by atoms with Crippen LogP contribution in [0.4, 0.5) is 0 Å². The molecule has 0 aliphatic carbocycles. The van der Waals surface area contributed by atoms with Crippen LogP contribution in [-0.2, 0) is 0 Å². The third-order valence-electron chi connectivity index (χ3n) is 1.07. The van der Waals surface area contributed by atoms with Crippen molar-refractivity contribution >= 4 is 0 Å². The van der Waals surface area contributed by atoms with Crippen LogP contribution >= 0.6 is 0 Å². The Labute approximate surface area is 51.9 Å². The number of hydrogen-bond donors (Lipinski definition) is 0. The van der Waals surface area contributed by atoms with E-state index in [2.05, 4.69) is 39.0 Å². The van der Waals surface area contributed by atoms with E-state index < -0.39 is 0 Å². The summed E-state index contributed by atoms with van der Waals surface area (Å²) in [5, 5.41) is 0. The van der Waals surface area contributed by atoms with E-state index in [4.69, 9.17) is 0 Å². The third-order valence-corrected chi connectivity index (χ3v) is 1.07. The molecule has 0 aromatic carbocycles. The molecule has 0 heteroatoms. The minimum absolute atomic E-state index is 1.13. The molecule has 0 N–H and O–H groups in total. The molecule has 0 radical (unpaired) electrons. The van der Waals surface area contributed by atoms with Gasteiger partial charge in [0, 0.05) is 0 Å². The fraction of sp³-hybridized carbons (Fsp3) is 0.500. The minimum Gasteiger partial charge on any atom is -0.0847 e. The Balaban J connectivity index is 3.53. The van der Waals surface area contributed by atoms with Gasteiger partial charge in [-0.25, -0.2) is 0 Å². The zero-order valence-electron chi connectivity index (χ0n) is 5.94. The molecule has 0 aromatic rings. The molecule has 0 nitrogen and oxygen atoms in total. The molecule has 0 heterocycles. The van der Waals surface area contributed by atoms with Crippen LogP contribution in [-0.4, -0.2) is 0 Å². The van der Waals surface area contributed by atoms with Crippen molar-refractivity contribution in [2.75, 3.05) is 0 Å². The summed E-state index contributed by atoms with van der Waals surface area (Å²) in [6.07, 6.45) is 7.53. The quantitative estimate of drug-likeness (QED) is 0.479. The molecule has 0 aliphatic rings. The summed E-state index contributed by atoms with van der Waals surface area (Å²) in [5.41, 5.74) is 1.34. The van der Waals surface area contributed by atoms with Crippen LogP contribution in [0.25, 0.3) is 0 Å². The summed E-state index contributed by atoms with van der Waals surface area (Å²) in [5.74, 6) is 0. The van der Waals surface area contributed by atoms with E-state index in [-0.39, 0.29) is 0 Å². The van der Waals surface area contributed by atoms with Gasteiger partial charge < -0.3 is 0 Å². The molecule has 0 saturated heterocycles. The first kappa shape index (κ1) is 7.48. The Bertz CT molecular complexity index is 96.6. The summed E-state index contributed by atoms with van der Waals surface area (Å²) < 4.78 is 0. The third kappa shape index (κ3) is 3.66. The lowest BCUT2D eigenvalue weighted by atomic mass is 10.2. The van der Waals surface area contributed by atoms with Gasteiger partial charge in [0.25, 0.3) is 0 Å². The van der Waals surface area contributed by atoms with Crippen molar-refractivity contribution in [3.05, 3.63) is 23.8 Å². The smallest absolute Gasteiger partial charge is 0.0376 e. The SMILES string of the molecule is C/C=C(C)\C=C\CC. The van der Waals surface area contributed by atoms with Crippen LogP contribution in [0.5, 0.6) is 0 Å². The first-order valence-electron chi connectivity index (χ1n) is 3.10. The molecular weight excluding hydrogens is 96.1 g/mol. The van der Waals surface area contributed by atoms with Crippen LogP contribution in [0.15, 0.2) is 23.8 Å². The Morgan fingerprint density at radius 3 is 2.50 bits per heavy atom. The molecule has 0 unspecified atom stereocenters. The largest absolute Gasteiger partial charge is 0.0847 e. The van der Waals surface area contributed by atoms with Crippen molar-refractivity contribution in [3.63, 3.8) is 0 Å². The molecular formula is C8H14. The van der Waals surface area contributed by atoms with E-state index in [9.17, 15) is 0 Å². The van der Waals surface area contributed by atoms with Gasteiger partial charge in [0.2, 0.25) is 0 Å². The molecule has 0 saturated carbocycles. The lowest BCUT2D eigenvalue weighted by Crippen LogP contribution is -1.62. The lowest BCUT2D eigenvalue weighted by molar-refractivity contribution is 1.22. The summed E-state index contributed by atoms with van der Waals surface area (Å²) in [6.45, 7) is 6.29. The fourth-order valence-corrected chi connectivity index (χ4v) is 0.400. The second-order valence-corrected chi connectivity index (χ2v) is 1.84. The van der Waals surface area contributed by atoms with Crippen LogP contribution < -0.4 is 0 Å². The van der Waals surface area contributed by atoms with Crippen molar-refractivity contribution in [1.82, 2.24) is 0 Å². The Kier molecular flexibility index (Phi) is 4.33. The molecule has 0 amide bonds. The Morgan fingerprint density at radius 1 is 1.50 bits per heavy atom. The van der Waals surface area contributed by atoms with E-state index in [0.717, 1.165) is 6.42 Å². The van der Waals surface area contributed by atoms with Crippen LogP contribution in [0.1, 0.15) is 27.2 Å². The molecule has 46 valence electrons. The van der Waals surface area contributed by atoms with Gasteiger partial charge in [0.15, 0.2) is 0 Å². The normalized spacial score (nSPS) is 13.1. The van der Waals surface area contributed by atoms with Crippen LogP contribution in [0.3, 0.4) is 0 Å². The van der Waals surface area contributed by atoms with Gasteiger partial charge in [-0.1, -0.05) is 30.7 Å². The number of hydrogen-bond acceptors (Lipinski definition) is 0. The maximum Gasteiger partial charge on any atom is -0.0376 e. The lowest BCUT2D eigenvalue weighted by Gasteiger charge is -1.84. The van der Waals surface area contributed by atoms with E-state index in [1.807, 2.05) is 0 Å². The van der Waals surface area contributed by atoms with Crippen molar-refractivity contribution in [3.8, 4) is 0 Å². The van der Waals surface area contributed by atoms with Gasteiger partial charge in [-0.15, -0.1) is 0 Å². The van der Waals surface area contributed by atoms with Crippen molar-refractivity contribution < 1.29 is 0 Å². The summed E-state index contributed by atoms with van der Waals surface area (Å²) in [7, 11) is 0. The molecule has 0 rings (SSSR count). The van der Waals surface area contributed by atoms with Crippen LogP contribution in [0, 0.1) is 0 Å². The van der Waals surface area contributed by atoms with E-state index in [1.165, 1.54) is 5.57 Å². The van der Waals surface area contributed by atoms with Crippen molar-refractivity contribution in [1.29, 1.82) is 0 Å². The van der Waals surface area contributed by atoms with Gasteiger partial charge >= 0.3 is 0 Å². The van der Waals surface area contributed by atoms with Crippen LogP contribution in [0.2, 0.25) is 0 Å². The maximum atomic E-state index is 2.16. The van der Waals surface area contributed by atoms with E-state index >= 15 is 0 Å². The average molecular weight is 110 g/mol. The highest BCUT2D eigenvalue weighted by molar-refractivity contribution is 5.14. The first-order valence-corrected chi connectivity index (χ1v) is 3.10. The first-order chi connectivity index (χ1) is 3.81. The van der Waals surface area contributed by atoms with Gasteiger partial charge in [0.1, 0.15) is 0 Å². The fourth-order valence-electron chi connectivity index (χ4n) is 0.400. The highest BCUT2D eigenvalue weighted by Gasteiger charge is 1.72. The molecule has 0 fully saturated rings. The molecule has 0 aromatic heterocycles. The predicted molar refractivity (Wildman–Crippen MR) is 38.9 cm³/mol. The van der Waals surface area contributed by atoms with Gasteiger partial charge in [-0.2, -0.15) is 0 Å². The number of rotatable bonds is 2. The minimum atomic E-state index is 1.13. The maximum absolute atomic E-state index is 2.16. The average Bonchev–Trinajstić information content (AvgIpc) is 1.83. The van der Waals surface area contributed by atoms with Gasteiger partial charge in [0.05, 0.1) is 0 Å². The number of allylic oxidation sites excluding steroid dienone is 4.